The second-order valence-electron chi connectivity index (χ2n) is 6.37. The van der Waals surface area contributed by atoms with E-state index in [4.69, 9.17) is 5.26 Å². The molecule has 1 aromatic carbocycles. The Balaban J connectivity index is 2.03. The molecule has 1 heterocycles. The Morgan fingerprint density at radius 1 is 1.38 bits per heavy atom. The van der Waals surface area contributed by atoms with Crippen molar-refractivity contribution in [3.63, 3.8) is 0 Å². The molecule has 0 fully saturated rings. The van der Waals surface area contributed by atoms with Crippen molar-refractivity contribution in [2.75, 3.05) is 0 Å². The summed E-state index contributed by atoms with van der Waals surface area (Å²) in [5.41, 5.74) is 1.97. The second-order valence-corrected chi connectivity index (χ2v) is 6.37. The monoisotopic (exact) mass is 282 g/mol. The Kier molecular flexibility index (Phi) is 4.77. The third kappa shape index (κ3) is 4.44. The lowest BCUT2D eigenvalue weighted by atomic mass is 9.86. The Bertz CT molecular complexity index is 602. The first-order chi connectivity index (χ1) is 9.99. The normalized spacial score (nSPS) is 12.9. The molecule has 0 aliphatic rings. The van der Waals surface area contributed by atoms with Crippen molar-refractivity contribution in [2.24, 2.45) is 5.41 Å². The number of imidazole rings is 1. The van der Waals surface area contributed by atoms with Crippen LogP contribution in [0.3, 0.4) is 0 Å². The van der Waals surface area contributed by atoms with Crippen molar-refractivity contribution in [1.82, 2.24) is 14.9 Å². The Labute approximate surface area is 126 Å². The molecule has 0 amide bonds. The lowest BCUT2D eigenvalue weighted by molar-refractivity contribution is 0.240. The average Bonchev–Trinajstić information content (AvgIpc) is 2.95. The Hall–Kier alpha value is -2.12. The molecule has 1 unspecified atom stereocenters. The van der Waals surface area contributed by atoms with Gasteiger partial charge in [0.25, 0.3) is 0 Å². The van der Waals surface area contributed by atoms with Gasteiger partial charge in [-0.25, -0.2) is 4.98 Å². The topological polar surface area (TPSA) is 53.6 Å². The van der Waals surface area contributed by atoms with Gasteiger partial charge in [0.15, 0.2) is 0 Å². The summed E-state index contributed by atoms with van der Waals surface area (Å²) in [5.74, 6) is 0. The van der Waals surface area contributed by atoms with Crippen LogP contribution in [0.25, 0.3) is 0 Å². The molecule has 110 valence electrons. The first kappa shape index (κ1) is 15.3. The molecular formula is C17H22N4. The maximum Gasteiger partial charge on any atom is 0.0991 e. The van der Waals surface area contributed by atoms with E-state index in [1.54, 1.807) is 6.20 Å². The van der Waals surface area contributed by atoms with Gasteiger partial charge < -0.3 is 9.88 Å². The number of benzene rings is 1. The molecule has 0 spiro atoms. The van der Waals surface area contributed by atoms with Crippen LogP contribution >= 0.6 is 0 Å². The van der Waals surface area contributed by atoms with Gasteiger partial charge in [-0.3, -0.25) is 0 Å². The third-order valence-electron chi connectivity index (χ3n) is 3.61. The van der Waals surface area contributed by atoms with Crippen LogP contribution in [0.2, 0.25) is 0 Å². The first-order valence-corrected chi connectivity index (χ1v) is 7.17. The SMILES string of the molecule is CC(C)(C)C(Cn1ccnc1)NCc1cccc(C#N)c1. The van der Waals surface area contributed by atoms with E-state index >= 15 is 0 Å². The van der Waals surface area contributed by atoms with E-state index < -0.39 is 0 Å². The minimum atomic E-state index is 0.136. The molecule has 0 saturated carbocycles. The molecule has 0 aliphatic carbocycles. The van der Waals surface area contributed by atoms with Crippen LogP contribution in [0.1, 0.15) is 31.9 Å². The number of hydrogen-bond donors (Lipinski definition) is 1. The van der Waals surface area contributed by atoms with Crippen LogP contribution in [0, 0.1) is 16.7 Å². The van der Waals surface area contributed by atoms with Crippen molar-refractivity contribution in [3.05, 3.63) is 54.1 Å². The number of nitriles is 1. The van der Waals surface area contributed by atoms with Crippen LogP contribution in [0.15, 0.2) is 43.0 Å². The predicted octanol–water partition coefficient (Wildman–Crippen LogP) is 2.96. The van der Waals surface area contributed by atoms with E-state index in [1.165, 1.54) is 0 Å². The smallest absolute Gasteiger partial charge is 0.0991 e. The van der Waals surface area contributed by atoms with Gasteiger partial charge in [0.2, 0.25) is 0 Å². The summed E-state index contributed by atoms with van der Waals surface area (Å²) in [7, 11) is 0. The number of hydrogen-bond acceptors (Lipinski definition) is 3. The number of rotatable bonds is 5. The van der Waals surface area contributed by atoms with Crippen LogP contribution in [0.4, 0.5) is 0 Å². The van der Waals surface area contributed by atoms with E-state index in [-0.39, 0.29) is 5.41 Å². The van der Waals surface area contributed by atoms with Gasteiger partial charge in [0, 0.05) is 31.5 Å². The zero-order valence-electron chi connectivity index (χ0n) is 12.9. The molecule has 1 atom stereocenters. The lowest BCUT2D eigenvalue weighted by Crippen LogP contribution is -2.42. The Morgan fingerprint density at radius 3 is 2.81 bits per heavy atom. The van der Waals surface area contributed by atoms with Gasteiger partial charge in [0.1, 0.15) is 0 Å². The molecule has 1 N–H and O–H groups in total. The third-order valence-corrected chi connectivity index (χ3v) is 3.61. The predicted molar refractivity (Wildman–Crippen MR) is 83.5 cm³/mol. The molecule has 2 aromatic rings. The molecular weight excluding hydrogens is 260 g/mol. The standard InChI is InChI=1S/C17H22N4/c1-17(2,3)16(12-21-8-7-19-13-21)20-11-15-6-4-5-14(9-15)10-18/h4-9,13,16,20H,11-12H2,1-3H3. The van der Waals surface area contributed by atoms with E-state index in [1.807, 2.05) is 36.8 Å². The molecule has 0 saturated heterocycles. The summed E-state index contributed by atoms with van der Waals surface area (Å²) < 4.78 is 2.09. The highest BCUT2D eigenvalue weighted by Crippen LogP contribution is 2.21. The highest BCUT2D eigenvalue weighted by molar-refractivity contribution is 5.32. The number of nitrogens with one attached hydrogen (secondary N) is 1. The molecule has 4 heteroatoms. The number of aromatic nitrogens is 2. The maximum absolute atomic E-state index is 8.96. The van der Waals surface area contributed by atoms with Crippen molar-refractivity contribution in [1.29, 1.82) is 5.26 Å². The van der Waals surface area contributed by atoms with E-state index in [0.29, 0.717) is 11.6 Å². The molecule has 2 rings (SSSR count). The van der Waals surface area contributed by atoms with Gasteiger partial charge in [-0.2, -0.15) is 5.26 Å². The zero-order chi connectivity index (χ0) is 15.3. The summed E-state index contributed by atoms with van der Waals surface area (Å²) in [6.07, 6.45) is 5.63. The summed E-state index contributed by atoms with van der Waals surface area (Å²) in [6.45, 7) is 8.32. The van der Waals surface area contributed by atoms with Crippen molar-refractivity contribution < 1.29 is 0 Å². The van der Waals surface area contributed by atoms with Gasteiger partial charge in [-0.1, -0.05) is 32.9 Å². The highest BCUT2D eigenvalue weighted by atomic mass is 15.1. The summed E-state index contributed by atoms with van der Waals surface area (Å²) in [6, 6.07) is 10.2. The molecule has 0 aliphatic heterocycles. The van der Waals surface area contributed by atoms with Gasteiger partial charge in [-0.05, 0) is 23.1 Å². The minimum Gasteiger partial charge on any atom is -0.336 e. The lowest BCUT2D eigenvalue weighted by Gasteiger charge is -2.32. The molecule has 1 aromatic heterocycles. The fourth-order valence-corrected chi connectivity index (χ4v) is 2.24. The Morgan fingerprint density at radius 2 is 2.19 bits per heavy atom. The average molecular weight is 282 g/mol. The van der Waals surface area contributed by atoms with Crippen molar-refractivity contribution in [3.8, 4) is 6.07 Å². The fourth-order valence-electron chi connectivity index (χ4n) is 2.24. The van der Waals surface area contributed by atoms with Crippen LogP contribution in [-0.2, 0) is 13.1 Å². The maximum atomic E-state index is 8.96. The van der Waals surface area contributed by atoms with Crippen LogP contribution in [-0.4, -0.2) is 15.6 Å². The van der Waals surface area contributed by atoms with Crippen molar-refractivity contribution in [2.45, 2.75) is 39.9 Å². The first-order valence-electron chi connectivity index (χ1n) is 7.17. The largest absolute Gasteiger partial charge is 0.336 e. The van der Waals surface area contributed by atoms with Gasteiger partial charge in [-0.15, -0.1) is 0 Å². The highest BCUT2D eigenvalue weighted by Gasteiger charge is 2.24. The summed E-state index contributed by atoms with van der Waals surface area (Å²) >= 11 is 0. The summed E-state index contributed by atoms with van der Waals surface area (Å²) in [4.78, 5) is 4.10. The van der Waals surface area contributed by atoms with Gasteiger partial charge in [0.05, 0.1) is 18.0 Å². The molecule has 21 heavy (non-hydrogen) atoms. The summed E-state index contributed by atoms with van der Waals surface area (Å²) in [5, 5.41) is 12.6. The minimum absolute atomic E-state index is 0.136. The van der Waals surface area contributed by atoms with Crippen LogP contribution in [0.5, 0.6) is 0 Å². The van der Waals surface area contributed by atoms with Crippen LogP contribution < -0.4 is 5.32 Å². The molecule has 0 bridgehead atoms. The zero-order valence-corrected chi connectivity index (χ0v) is 12.9. The molecule has 4 nitrogen and oxygen atoms in total. The second kappa shape index (κ2) is 6.55. The van der Waals surface area contributed by atoms with E-state index in [2.05, 4.69) is 41.7 Å². The fraction of sp³-hybridized carbons (Fsp3) is 0.412. The van der Waals surface area contributed by atoms with Gasteiger partial charge >= 0.3 is 0 Å². The van der Waals surface area contributed by atoms with E-state index in [9.17, 15) is 0 Å². The molecule has 0 radical (unpaired) electrons. The number of nitrogens with zero attached hydrogens (tertiary/aromatic N) is 3. The quantitative estimate of drug-likeness (QED) is 0.917. The van der Waals surface area contributed by atoms with Crippen molar-refractivity contribution >= 4 is 0 Å². The van der Waals surface area contributed by atoms with E-state index in [0.717, 1.165) is 18.7 Å².